The van der Waals surface area contributed by atoms with E-state index in [1.165, 1.54) is 6.04 Å². The predicted octanol–water partition coefficient (Wildman–Crippen LogP) is 3.80. The summed E-state index contributed by atoms with van der Waals surface area (Å²) in [5.41, 5.74) is 2.44. The van der Waals surface area contributed by atoms with E-state index in [2.05, 4.69) is 41.5 Å². The van der Waals surface area contributed by atoms with Crippen molar-refractivity contribution in [2.24, 2.45) is 0 Å². The van der Waals surface area contributed by atoms with E-state index < -0.39 is 18.9 Å². The van der Waals surface area contributed by atoms with Crippen molar-refractivity contribution in [3.63, 3.8) is 0 Å². The average molecular weight is 246 g/mol. The van der Waals surface area contributed by atoms with Crippen LogP contribution < -0.4 is 0 Å². The molecule has 1 nitrogen and oxygen atoms in total. The van der Waals surface area contributed by atoms with Crippen LogP contribution in [0.25, 0.3) is 0 Å². The molecule has 0 bridgehead atoms. The third-order valence-electron chi connectivity index (χ3n) is 4.41. The lowest BCUT2D eigenvalue weighted by molar-refractivity contribution is 0.692. The molecule has 3 heteroatoms. The first kappa shape index (κ1) is 13.4. The summed E-state index contributed by atoms with van der Waals surface area (Å²) >= 11 is 0. The van der Waals surface area contributed by atoms with Crippen molar-refractivity contribution in [3.8, 4) is 0 Å². The van der Waals surface area contributed by atoms with Crippen molar-refractivity contribution in [1.82, 2.24) is 0 Å². The predicted molar refractivity (Wildman–Crippen MR) is 72.7 cm³/mol. The van der Waals surface area contributed by atoms with Crippen LogP contribution in [0.1, 0.15) is 41.5 Å². The molecule has 1 aliphatic rings. The molecule has 0 aliphatic carbocycles. The smallest absolute Gasteiger partial charge is 0.0624 e. The Kier molecular flexibility index (Phi) is 4.21. The van der Waals surface area contributed by atoms with Crippen LogP contribution in [0.4, 0.5) is 0 Å². The fourth-order valence-corrected chi connectivity index (χ4v) is 12.1. The minimum absolute atomic E-state index is 0.460. The molecule has 0 aromatic rings. The molecule has 1 saturated heterocycles. The maximum atomic E-state index is 11.4. The van der Waals surface area contributed by atoms with E-state index >= 15 is 0 Å². The largest absolute Gasteiger partial charge is 0.259 e. The summed E-state index contributed by atoms with van der Waals surface area (Å²) in [5, 5.41) is 0.559. The topological polar surface area (TPSA) is 17.1 Å². The Labute approximate surface area is 98.5 Å². The molecule has 90 valence electrons. The second-order valence-corrected chi connectivity index (χ2v) is 13.8. The van der Waals surface area contributed by atoms with Gasteiger partial charge in [0.25, 0.3) is 0 Å². The molecule has 1 fully saturated rings. The third-order valence-corrected chi connectivity index (χ3v) is 13.7. The summed E-state index contributed by atoms with van der Waals surface area (Å²) in [4.78, 5) is 0. The van der Waals surface area contributed by atoms with E-state index in [1.807, 2.05) is 0 Å². The molecule has 0 spiro atoms. The van der Waals surface area contributed by atoms with E-state index in [1.54, 1.807) is 0 Å². The molecule has 15 heavy (non-hydrogen) atoms. The van der Waals surface area contributed by atoms with Gasteiger partial charge in [0.2, 0.25) is 0 Å². The van der Waals surface area contributed by atoms with Crippen molar-refractivity contribution >= 4 is 18.9 Å². The van der Waals surface area contributed by atoms with Gasteiger partial charge in [-0.3, -0.25) is 4.21 Å². The molecule has 1 aliphatic heterocycles. The van der Waals surface area contributed by atoms with Gasteiger partial charge in [-0.05, 0) is 6.04 Å². The molecule has 0 radical (unpaired) electrons. The Morgan fingerprint density at radius 2 is 1.40 bits per heavy atom. The lowest BCUT2D eigenvalue weighted by atomic mass is 10.5. The van der Waals surface area contributed by atoms with E-state index in [0.717, 1.165) is 22.4 Å². The van der Waals surface area contributed by atoms with Crippen LogP contribution in [0.3, 0.4) is 0 Å². The third kappa shape index (κ3) is 2.55. The molecule has 2 atom stereocenters. The highest BCUT2D eigenvalue weighted by atomic mass is 32.2. The van der Waals surface area contributed by atoms with Gasteiger partial charge in [0.15, 0.2) is 0 Å². The summed E-state index contributed by atoms with van der Waals surface area (Å²) in [7, 11) is -1.72. The summed E-state index contributed by atoms with van der Waals surface area (Å²) in [6.45, 7) is 14.3. The maximum absolute atomic E-state index is 11.4. The number of hydrogen-bond acceptors (Lipinski definition) is 1. The summed E-state index contributed by atoms with van der Waals surface area (Å²) in [5.74, 6) is 0.987. The molecule has 1 unspecified atom stereocenters. The van der Waals surface area contributed by atoms with Crippen molar-refractivity contribution in [3.05, 3.63) is 0 Å². The van der Waals surface area contributed by atoms with E-state index in [9.17, 15) is 4.21 Å². The van der Waals surface area contributed by atoms with Crippen LogP contribution in [0, 0.1) is 0 Å². The van der Waals surface area contributed by atoms with Gasteiger partial charge in [-0.25, -0.2) is 0 Å². The SMILES string of the molecule is CC(C)[Si](C[C@@H]1CS1=O)(C(C)C)C(C)C. The minimum atomic E-state index is -1.26. The van der Waals surface area contributed by atoms with Gasteiger partial charge in [-0.2, -0.15) is 0 Å². The van der Waals surface area contributed by atoms with Crippen molar-refractivity contribution in [1.29, 1.82) is 0 Å². The zero-order chi connectivity index (χ0) is 11.8. The monoisotopic (exact) mass is 246 g/mol. The fraction of sp³-hybridized carbons (Fsp3) is 1.00. The highest BCUT2D eigenvalue weighted by Gasteiger charge is 2.48. The quantitative estimate of drug-likeness (QED) is 0.533. The lowest BCUT2D eigenvalue weighted by Crippen LogP contribution is -2.45. The minimum Gasteiger partial charge on any atom is -0.259 e. The van der Waals surface area contributed by atoms with Crippen LogP contribution >= 0.6 is 0 Å². The molecule has 0 saturated carbocycles. The second kappa shape index (κ2) is 4.70. The summed E-state index contributed by atoms with van der Waals surface area (Å²) < 4.78 is 11.4. The molecule has 0 amide bonds. The van der Waals surface area contributed by atoms with Crippen LogP contribution in [0.5, 0.6) is 0 Å². The first-order chi connectivity index (χ1) is 6.82. The lowest BCUT2D eigenvalue weighted by Gasteiger charge is -2.43. The van der Waals surface area contributed by atoms with Crippen molar-refractivity contribution in [2.45, 2.75) is 69.5 Å². The highest BCUT2D eigenvalue weighted by molar-refractivity contribution is 7.93. The van der Waals surface area contributed by atoms with Gasteiger partial charge in [0, 0.05) is 21.8 Å². The fourth-order valence-electron chi connectivity index (χ4n) is 3.40. The van der Waals surface area contributed by atoms with Crippen molar-refractivity contribution in [2.75, 3.05) is 5.75 Å². The number of hydrogen-bond donors (Lipinski definition) is 0. The number of rotatable bonds is 5. The van der Waals surface area contributed by atoms with Crippen LogP contribution in [-0.2, 0) is 10.8 Å². The van der Waals surface area contributed by atoms with Gasteiger partial charge in [0.05, 0.1) is 8.07 Å². The van der Waals surface area contributed by atoms with E-state index in [0.29, 0.717) is 5.25 Å². The van der Waals surface area contributed by atoms with Crippen LogP contribution in [0.2, 0.25) is 22.7 Å². The first-order valence-electron chi connectivity index (χ1n) is 6.19. The maximum Gasteiger partial charge on any atom is 0.0624 e. The second-order valence-electron chi connectivity index (χ2n) is 5.95. The summed E-state index contributed by atoms with van der Waals surface area (Å²) in [6, 6.07) is 1.30. The Morgan fingerprint density at radius 1 is 1.07 bits per heavy atom. The zero-order valence-corrected chi connectivity index (χ0v) is 12.9. The Hall–Kier alpha value is 0.367. The van der Waals surface area contributed by atoms with Crippen LogP contribution in [0.15, 0.2) is 0 Å². The molecule has 0 aromatic carbocycles. The van der Waals surface area contributed by atoms with Gasteiger partial charge < -0.3 is 0 Å². The molecule has 0 aromatic heterocycles. The molecule has 1 heterocycles. The normalized spacial score (nSPS) is 26.7. The Bertz CT molecular complexity index is 226. The van der Waals surface area contributed by atoms with Gasteiger partial charge in [0.1, 0.15) is 0 Å². The Balaban J connectivity index is 2.86. The molecule has 1 rings (SSSR count). The standard InChI is InChI=1S/C12H26OSSi/c1-9(2)15(10(3)4,11(5)6)8-12-7-14(12)13/h9-12H,7-8H2,1-6H3/t12-,14?/m0/s1. The first-order valence-corrected chi connectivity index (χ1v) is 10.0. The average Bonchev–Trinajstić information content (AvgIpc) is 2.75. The highest BCUT2D eigenvalue weighted by Crippen LogP contribution is 2.47. The molecule has 0 N–H and O–H groups in total. The zero-order valence-electron chi connectivity index (χ0n) is 11.0. The van der Waals surface area contributed by atoms with Crippen molar-refractivity contribution < 1.29 is 4.21 Å². The van der Waals surface area contributed by atoms with Crippen LogP contribution in [-0.4, -0.2) is 23.3 Å². The van der Waals surface area contributed by atoms with E-state index in [4.69, 9.17) is 0 Å². The molecular formula is C12H26OSSi. The van der Waals surface area contributed by atoms with Gasteiger partial charge in [-0.1, -0.05) is 58.2 Å². The Morgan fingerprint density at radius 3 is 1.60 bits per heavy atom. The van der Waals surface area contributed by atoms with E-state index in [-0.39, 0.29) is 0 Å². The van der Waals surface area contributed by atoms with Gasteiger partial charge >= 0.3 is 0 Å². The molecular weight excluding hydrogens is 220 g/mol. The summed E-state index contributed by atoms with van der Waals surface area (Å²) in [6.07, 6.45) is 0. The van der Waals surface area contributed by atoms with Gasteiger partial charge in [-0.15, -0.1) is 0 Å².